The molecule has 0 spiro atoms. The Morgan fingerprint density at radius 1 is 1.33 bits per heavy atom. The van der Waals surface area contributed by atoms with Gasteiger partial charge in [-0.2, -0.15) is 0 Å². The van der Waals surface area contributed by atoms with Gasteiger partial charge in [0, 0.05) is 19.1 Å². The van der Waals surface area contributed by atoms with Crippen LogP contribution in [0.1, 0.15) is 17.4 Å². The van der Waals surface area contributed by atoms with E-state index in [4.69, 9.17) is 11.6 Å². The van der Waals surface area contributed by atoms with Crippen LogP contribution in [0.3, 0.4) is 0 Å². The van der Waals surface area contributed by atoms with E-state index in [0.717, 1.165) is 5.92 Å². The molecule has 0 amide bonds. The van der Waals surface area contributed by atoms with Gasteiger partial charge in [0.2, 0.25) is 0 Å². The number of hydrazine groups is 1. The molecule has 1 N–H and O–H groups in total. The summed E-state index contributed by atoms with van der Waals surface area (Å²) in [6.07, 6.45) is 1.29. The van der Waals surface area contributed by atoms with E-state index in [1.54, 1.807) is 0 Å². The molecule has 80 valence electrons. The summed E-state index contributed by atoms with van der Waals surface area (Å²) in [5.74, 6) is 0.729. The van der Waals surface area contributed by atoms with Gasteiger partial charge in [0.1, 0.15) is 0 Å². The lowest BCUT2D eigenvalue weighted by molar-refractivity contribution is 0.224. The molecule has 2 bridgehead atoms. The predicted molar refractivity (Wildman–Crippen MR) is 61.6 cm³/mol. The van der Waals surface area contributed by atoms with Gasteiger partial charge < -0.3 is 0 Å². The van der Waals surface area contributed by atoms with Gasteiger partial charge in [-0.3, -0.25) is 0 Å². The van der Waals surface area contributed by atoms with Crippen LogP contribution in [0, 0.1) is 5.92 Å². The zero-order valence-corrected chi connectivity index (χ0v) is 9.32. The van der Waals surface area contributed by atoms with Crippen LogP contribution in [0.4, 0.5) is 0 Å². The maximum Gasteiger partial charge on any atom is 0.0755 e. The Kier molecular flexibility index (Phi) is 2.43. The molecule has 4 unspecified atom stereocenters. The average Bonchev–Trinajstić information content (AvgIpc) is 2.91. The molecular formula is C12H15ClN2. The Balaban J connectivity index is 1.78. The van der Waals surface area contributed by atoms with Crippen LogP contribution < -0.4 is 5.43 Å². The van der Waals surface area contributed by atoms with E-state index in [-0.39, 0.29) is 5.38 Å². The van der Waals surface area contributed by atoms with Crippen molar-refractivity contribution in [3.63, 3.8) is 0 Å². The third-order valence-corrected chi connectivity index (χ3v) is 4.02. The van der Waals surface area contributed by atoms with Crippen molar-refractivity contribution in [1.29, 1.82) is 0 Å². The summed E-state index contributed by atoms with van der Waals surface area (Å²) in [4.78, 5) is 0. The van der Waals surface area contributed by atoms with Gasteiger partial charge in [0.15, 0.2) is 0 Å². The normalized spacial score (nSPS) is 35.7. The fourth-order valence-corrected chi connectivity index (χ4v) is 3.07. The molecule has 0 saturated carbocycles. The van der Waals surface area contributed by atoms with Gasteiger partial charge in [-0.25, -0.2) is 10.4 Å². The highest BCUT2D eigenvalue weighted by molar-refractivity contribution is 6.21. The zero-order chi connectivity index (χ0) is 10.3. The van der Waals surface area contributed by atoms with Crippen molar-refractivity contribution in [2.24, 2.45) is 5.92 Å². The standard InChI is InChI=1S/C12H15ClN2/c13-11(9-4-2-1-3-5-9)12-10-6-7-15(8-10)14-12/h1-5,10-12,14H,6-8H2. The summed E-state index contributed by atoms with van der Waals surface area (Å²) in [7, 11) is 0. The summed E-state index contributed by atoms with van der Waals surface area (Å²) in [6.45, 7) is 2.35. The van der Waals surface area contributed by atoms with E-state index in [1.165, 1.54) is 25.1 Å². The molecule has 3 rings (SSSR count). The number of fused-ring (bicyclic) bond motifs is 2. The SMILES string of the molecule is ClC(c1ccccc1)C1NN2CCC1C2. The van der Waals surface area contributed by atoms with Crippen molar-refractivity contribution in [3.8, 4) is 0 Å². The smallest absolute Gasteiger partial charge is 0.0755 e. The molecular weight excluding hydrogens is 208 g/mol. The van der Waals surface area contributed by atoms with Crippen LogP contribution >= 0.6 is 11.6 Å². The molecule has 15 heavy (non-hydrogen) atoms. The fourth-order valence-electron chi connectivity index (χ4n) is 2.66. The van der Waals surface area contributed by atoms with Crippen molar-refractivity contribution in [2.75, 3.05) is 13.1 Å². The van der Waals surface area contributed by atoms with E-state index >= 15 is 0 Å². The first-order chi connectivity index (χ1) is 7.34. The van der Waals surface area contributed by atoms with Gasteiger partial charge in [0.25, 0.3) is 0 Å². The minimum absolute atomic E-state index is 0.0986. The molecule has 0 radical (unpaired) electrons. The van der Waals surface area contributed by atoms with Gasteiger partial charge in [-0.05, 0) is 17.9 Å². The molecule has 2 fully saturated rings. The van der Waals surface area contributed by atoms with Crippen molar-refractivity contribution in [2.45, 2.75) is 17.8 Å². The number of nitrogens with one attached hydrogen (secondary N) is 1. The maximum absolute atomic E-state index is 6.52. The van der Waals surface area contributed by atoms with Crippen molar-refractivity contribution >= 4 is 11.6 Å². The number of hydrogen-bond donors (Lipinski definition) is 1. The first kappa shape index (κ1) is 9.64. The lowest BCUT2D eigenvalue weighted by Gasteiger charge is -2.27. The summed E-state index contributed by atoms with van der Waals surface area (Å²) in [5.41, 5.74) is 4.72. The molecule has 2 saturated heterocycles. The van der Waals surface area contributed by atoms with E-state index in [0.29, 0.717) is 6.04 Å². The molecule has 3 heteroatoms. The molecule has 2 nitrogen and oxygen atoms in total. The first-order valence-electron chi connectivity index (χ1n) is 5.55. The van der Waals surface area contributed by atoms with Gasteiger partial charge in [-0.1, -0.05) is 30.3 Å². The molecule has 2 heterocycles. The number of halogens is 1. The zero-order valence-electron chi connectivity index (χ0n) is 8.57. The highest BCUT2D eigenvalue weighted by atomic mass is 35.5. The Bertz CT molecular complexity index is 341. The fraction of sp³-hybridized carbons (Fsp3) is 0.500. The molecule has 4 atom stereocenters. The Morgan fingerprint density at radius 2 is 2.13 bits per heavy atom. The predicted octanol–water partition coefficient (Wildman–Crippen LogP) is 2.18. The van der Waals surface area contributed by atoms with Crippen molar-refractivity contribution in [3.05, 3.63) is 35.9 Å². The molecule has 2 aliphatic rings. The molecule has 0 aromatic heterocycles. The minimum atomic E-state index is 0.0986. The van der Waals surface area contributed by atoms with Crippen molar-refractivity contribution in [1.82, 2.24) is 10.4 Å². The molecule has 0 aliphatic carbocycles. The number of hydrogen-bond acceptors (Lipinski definition) is 2. The van der Waals surface area contributed by atoms with Crippen molar-refractivity contribution < 1.29 is 0 Å². The van der Waals surface area contributed by atoms with Crippen LogP contribution in [0.15, 0.2) is 30.3 Å². The third kappa shape index (κ3) is 1.67. The summed E-state index contributed by atoms with van der Waals surface area (Å²) < 4.78 is 0. The van der Waals surface area contributed by atoms with Crippen LogP contribution in [0.5, 0.6) is 0 Å². The van der Waals surface area contributed by atoms with Gasteiger partial charge in [-0.15, -0.1) is 11.6 Å². The minimum Gasteiger partial charge on any atom is -0.250 e. The van der Waals surface area contributed by atoms with E-state index < -0.39 is 0 Å². The highest BCUT2D eigenvalue weighted by Gasteiger charge is 2.41. The van der Waals surface area contributed by atoms with E-state index in [1.807, 2.05) is 6.07 Å². The monoisotopic (exact) mass is 222 g/mol. The second-order valence-electron chi connectivity index (χ2n) is 4.46. The van der Waals surface area contributed by atoms with Crippen LogP contribution in [0.2, 0.25) is 0 Å². The quantitative estimate of drug-likeness (QED) is 0.772. The summed E-state index contributed by atoms with van der Waals surface area (Å²) in [6, 6.07) is 10.8. The van der Waals surface area contributed by atoms with Gasteiger partial charge in [0.05, 0.1) is 5.38 Å². The topological polar surface area (TPSA) is 15.3 Å². The molecule has 1 aromatic rings. The van der Waals surface area contributed by atoms with Crippen LogP contribution in [0.25, 0.3) is 0 Å². The van der Waals surface area contributed by atoms with Gasteiger partial charge >= 0.3 is 0 Å². The molecule has 2 aliphatic heterocycles. The second-order valence-corrected chi connectivity index (χ2v) is 4.93. The van der Waals surface area contributed by atoms with Crippen LogP contribution in [-0.4, -0.2) is 24.1 Å². The van der Waals surface area contributed by atoms with E-state index in [9.17, 15) is 0 Å². The Morgan fingerprint density at radius 3 is 2.73 bits per heavy atom. The number of alkyl halides is 1. The highest BCUT2D eigenvalue weighted by Crippen LogP contribution is 2.36. The van der Waals surface area contributed by atoms with Crippen LogP contribution in [-0.2, 0) is 0 Å². The largest absolute Gasteiger partial charge is 0.250 e. The lowest BCUT2D eigenvalue weighted by Crippen LogP contribution is -2.42. The average molecular weight is 223 g/mol. The lowest BCUT2D eigenvalue weighted by atomic mass is 9.93. The second kappa shape index (κ2) is 3.78. The number of nitrogens with zero attached hydrogens (tertiary/aromatic N) is 1. The third-order valence-electron chi connectivity index (χ3n) is 3.50. The van der Waals surface area contributed by atoms with E-state index in [2.05, 4.69) is 34.7 Å². The summed E-state index contributed by atoms with van der Waals surface area (Å²) >= 11 is 6.52. The number of benzene rings is 1. The summed E-state index contributed by atoms with van der Waals surface area (Å²) in [5, 5.41) is 2.40. The Hall–Kier alpha value is -0.570. The Labute approximate surface area is 95.2 Å². The first-order valence-corrected chi connectivity index (χ1v) is 5.98. The number of rotatable bonds is 2. The maximum atomic E-state index is 6.52. The molecule has 1 aromatic carbocycles.